The molecule has 0 saturated heterocycles. The van der Waals surface area contributed by atoms with E-state index in [2.05, 4.69) is 4.98 Å². The Bertz CT molecular complexity index is 292. The van der Waals surface area contributed by atoms with Gasteiger partial charge in [0.2, 0.25) is 0 Å². The number of Topliss-reactive ketones (excluding diaryl/α,β-unsaturated/α-hetero) is 1. The molecule has 12 heavy (non-hydrogen) atoms. The van der Waals surface area contributed by atoms with E-state index in [1.165, 1.54) is 0 Å². The van der Waals surface area contributed by atoms with Crippen molar-refractivity contribution in [2.24, 2.45) is 5.92 Å². The number of hydrogen-bond donors (Lipinski definition) is 0. The van der Waals surface area contributed by atoms with Crippen LogP contribution >= 0.6 is 0 Å². The van der Waals surface area contributed by atoms with Crippen LogP contribution in [-0.2, 0) is 0 Å². The van der Waals surface area contributed by atoms with Crippen molar-refractivity contribution in [2.75, 3.05) is 0 Å². The van der Waals surface area contributed by atoms with E-state index in [1.54, 1.807) is 6.20 Å². The molecule has 0 radical (unpaired) electrons. The van der Waals surface area contributed by atoms with E-state index >= 15 is 0 Å². The topological polar surface area (TPSA) is 30.0 Å². The van der Waals surface area contributed by atoms with E-state index in [9.17, 15) is 4.79 Å². The Hall–Kier alpha value is -1.18. The first-order valence-electron chi connectivity index (χ1n) is 4.08. The highest BCUT2D eigenvalue weighted by Gasteiger charge is 2.10. The molecule has 0 aliphatic carbocycles. The minimum Gasteiger partial charge on any atom is -0.292 e. The summed E-state index contributed by atoms with van der Waals surface area (Å²) >= 11 is 0. The normalized spacial score (nSPS) is 10.3. The Morgan fingerprint density at radius 3 is 2.67 bits per heavy atom. The molecule has 0 aliphatic heterocycles. The maximum Gasteiger partial charge on any atom is 0.183 e. The average Bonchev–Trinajstić information content (AvgIpc) is 2.03. The van der Waals surface area contributed by atoms with Gasteiger partial charge < -0.3 is 0 Å². The number of carbonyl (C=O) groups excluding carboxylic acids is 1. The van der Waals surface area contributed by atoms with E-state index in [0.717, 1.165) is 5.56 Å². The van der Waals surface area contributed by atoms with Crippen LogP contribution in [0, 0.1) is 12.8 Å². The zero-order chi connectivity index (χ0) is 9.14. The molecule has 0 atom stereocenters. The predicted octanol–water partition coefficient (Wildman–Crippen LogP) is 2.23. The van der Waals surface area contributed by atoms with Crippen molar-refractivity contribution in [1.29, 1.82) is 0 Å². The van der Waals surface area contributed by atoms with Crippen molar-refractivity contribution in [3.05, 3.63) is 29.6 Å². The van der Waals surface area contributed by atoms with Crippen LogP contribution in [0.3, 0.4) is 0 Å². The van der Waals surface area contributed by atoms with E-state index in [4.69, 9.17) is 0 Å². The number of nitrogens with zero attached hydrogens (tertiary/aromatic N) is 1. The molecule has 0 amide bonds. The lowest BCUT2D eigenvalue weighted by atomic mass is 10.1. The van der Waals surface area contributed by atoms with E-state index in [0.29, 0.717) is 5.69 Å². The molecule has 0 bridgehead atoms. The van der Waals surface area contributed by atoms with Gasteiger partial charge in [0.1, 0.15) is 5.69 Å². The third kappa shape index (κ3) is 1.91. The monoisotopic (exact) mass is 163 g/mol. The standard InChI is InChI=1S/C10H13NO/c1-7(2)10(12)9-6-8(3)4-5-11-9/h4-7H,1-3H3. The first-order valence-corrected chi connectivity index (χ1v) is 4.08. The number of ketones is 1. The summed E-state index contributed by atoms with van der Waals surface area (Å²) in [7, 11) is 0. The second-order valence-corrected chi connectivity index (χ2v) is 3.24. The highest BCUT2D eigenvalue weighted by molar-refractivity contribution is 5.95. The molecular weight excluding hydrogens is 150 g/mol. The van der Waals surface area contributed by atoms with Gasteiger partial charge in [0.05, 0.1) is 0 Å². The second kappa shape index (κ2) is 3.48. The molecule has 0 spiro atoms. The third-order valence-electron chi connectivity index (χ3n) is 1.69. The van der Waals surface area contributed by atoms with E-state index in [-0.39, 0.29) is 11.7 Å². The molecule has 0 unspecified atom stereocenters. The van der Waals surface area contributed by atoms with Crippen molar-refractivity contribution >= 4 is 5.78 Å². The van der Waals surface area contributed by atoms with Gasteiger partial charge in [-0.25, -0.2) is 0 Å². The Balaban J connectivity index is 2.96. The molecule has 0 saturated carbocycles. The van der Waals surface area contributed by atoms with Gasteiger partial charge in [-0.1, -0.05) is 13.8 Å². The Morgan fingerprint density at radius 2 is 2.17 bits per heavy atom. The number of rotatable bonds is 2. The van der Waals surface area contributed by atoms with Crippen molar-refractivity contribution in [2.45, 2.75) is 20.8 Å². The van der Waals surface area contributed by atoms with Gasteiger partial charge in [-0.2, -0.15) is 0 Å². The van der Waals surface area contributed by atoms with Crippen molar-refractivity contribution in [3.8, 4) is 0 Å². The van der Waals surface area contributed by atoms with Crippen LogP contribution in [0.4, 0.5) is 0 Å². The Labute approximate surface area is 72.6 Å². The molecule has 0 N–H and O–H groups in total. The zero-order valence-corrected chi connectivity index (χ0v) is 7.66. The lowest BCUT2D eigenvalue weighted by Crippen LogP contribution is -2.09. The van der Waals surface area contributed by atoms with Crippen LogP contribution in [-0.4, -0.2) is 10.8 Å². The molecular formula is C10H13NO. The average molecular weight is 163 g/mol. The van der Waals surface area contributed by atoms with Crippen LogP contribution < -0.4 is 0 Å². The largest absolute Gasteiger partial charge is 0.292 e. The quantitative estimate of drug-likeness (QED) is 0.626. The summed E-state index contributed by atoms with van der Waals surface area (Å²) in [5.41, 5.74) is 1.65. The van der Waals surface area contributed by atoms with E-state index < -0.39 is 0 Å². The van der Waals surface area contributed by atoms with Crippen molar-refractivity contribution < 1.29 is 4.79 Å². The molecule has 2 heteroatoms. The maximum absolute atomic E-state index is 11.4. The summed E-state index contributed by atoms with van der Waals surface area (Å²) in [6.07, 6.45) is 1.67. The molecule has 0 fully saturated rings. The molecule has 1 aromatic rings. The maximum atomic E-state index is 11.4. The predicted molar refractivity (Wildman–Crippen MR) is 48.1 cm³/mol. The first-order chi connectivity index (χ1) is 5.61. The molecule has 1 rings (SSSR count). The number of aryl methyl sites for hydroxylation is 1. The summed E-state index contributed by atoms with van der Waals surface area (Å²) in [5, 5.41) is 0. The second-order valence-electron chi connectivity index (χ2n) is 3.24. The van der Waals surface area contributed by atoms with Crippen LogP contribution in [0.25, 0.3) is 0 Å². The fourth-order valence-corrected chi connectivity index (χ4v) is 0.967. The van der Waals surface area contributed by atoms with Crippen LogP contribution in [0.1, 0.15) is 29.9 Å². The number of carbonyl (C=O) groups is 1. The van der Waals surface area contributed by atoms with E-state index in [1.807, 2.05) is 32.9 Å². The molecule has 1 heterocycles. The zero-order valence-electron chi connectivity index (χ0n) is 7.66. The van der Waals surface area contributed by atoms with Gasteiger partial charge in [0.15, 0.2) is 5.78 Å². The van der Waals surface area contributed by atoms with Gasteiger partial charge in [-0.15, -0.1) is 0 Å². The fraction of sp³-hybridized carbons (Fsp3) is 0.400. The molecule has 1 aromatic heterocycles. The highest BCUT2D eigenvalue weighted by atomic mass is 16.1. The van der Waals surface area contributed by atoms with Crippen LogP contribution in [0.2, 0.25) is 0 Å². The molecule has 64 valence electrons. The van der Waals surface area contributed by atoms with Gasteiger partial charge >= 0.3 is 0 Å². The van der Waals surface area contributed by atoms with Crippen LogP contribution in [0.15, 0.2) is 18.3 Å². The molecule has 0 aliphatic rings. The van der Waals surface area contributed by atoms with Crippen LogP contribution in [0.5, 0.6) is 0 Å². The number of aromatic nitrogens is 1. The smallest absolute Gasteiger partial charge is 0.183 e. The summed E-state index contributed by atoms with van der Waals surface area (Å²) in [4.78, 5) is 15.4. The van der Waals surface area contributed by atoms with Crippen molar-refractivity contribution in [1.82, 2.24) is 4.98 Å². The SMILES string of the molecule is Cc1ccnc(C(=O)C(C)C)c1. The van der Waals surface area contributed by atoms with Crippen molar-refractivity contribution in [3.63, 3.8) is 0 Å². The summed E-state index contributed by atoms with van der Waals surface area (Å²) in [6, 6.07) is 3.71. The summed E-state index contributed by atoms with van der Waals surface area (Å²) < 4.78 is 0. The van der Waals surface area contributed by atoms with Gasteiger partial charge in [-0.05, 0) is 24.6 Å². The van der Waals surface area contributed by atoms with Gasteiger partial charge in [0, 0.05) is 12.1 Å². The minimum absolute atomic E-state index is 0.0271. The Kier molecular flexibility index (Phi) is 2.58. The van der Waals surface area contributed by atoms with Gasteiger partial charge in [0.25, 0.3) is 0 Å². The lowest BCUT2D eigenvalue weighted by molar-refractivity contribution is 0.0934. The molecule has 2 nitrogen and oxygen atoms in total. The fourth-order valence-electron chi connectivity index (χ4n) is 0.967. The van der Waals surface area contributed by atoms with Gasteiger partial charge in [-0.3, -0.25) is 9.78 Å². The summed E-state index contributed by atoms with van der Waals surface area (Å²) in [5.74, 6) is 0.137. The highest BCUT2D eigenvalue weighted by Crippen LogP contribution is 2.06. The third-order valence-corrected chi connectivity index (χ3v) is 1.69. The number of hydrogen-bond acceptors (Lipinski definition) is 2. The summed E-state index contributed by atoms with van der Waals surface area (Å²) in [6.45, 7) is 5.72. The molecule has 0 aromatic carbocycles. The number of pyridine rings is 1. The first kappa shape index (κ1) is 8.91. The Morgan fingerprint density at radius 1 is 1.50 bits per heavy atom. The lowest BCUT2D eigenvalue weighted by Gasteiger charge is -2.02. The minimum atomic E-state index is 0.0271.